The average Bonchev–Trinajstić information content (AvgIpc) is 2.55. The normalized spacial score (nSPS) is 18.2. The predicted octanol–water partition coefficient (Wildman–Crippen LogP) is 3.10. The lowest BCUT2D eigenvalue weighted by Gasteiger charge is -2.33. The van der Waals surface area contributed by atoms with E-state index in [1.54, 1.807) is 35.4 Å². The van der Waals surface area contributed by atoms with Crippen LogP contribution in [0.25, 0.3) is 0 Å². The molecule has 0 radical (unpaired) electrons. The number of amides is 1. The second-order valence-electron chi connectivity index (χ2n) is 5.08. The molecule has 1 aliphatic heterocycles. The largest absolute Gasteiger partial charge is 0.370 e. The molecule has 1 saturated heterocycles. The van der Waals surface area contributed by atoms with Crippen molar-refractivity contribution in [3.05, 3.63) is 64.2 Å². The molecule has 0 aliphatic carbocycles. The molecular weight excluding hydrogens is 303 g/mol. The van der Waals surface area contributed by atoms with E-state index in [0.29, 0.717) is 29.9 Å². The van der Waals surface area contributed by atoms with Crippen LogP contribution in [0.3, 0.4) is 0 Å². The first kappa shape index (κ1) is 14.9. The molecule has 1 N–H and O–H groups in total. The first-order chi connectivity index (χ1) is 10.6. The van der Waals surface area contributed by atoms with Gasteiger partial charge in [-0.05, 0) is 29.8 Å². The van der Waals surface area contributed by atoms with Gasteiger partial charge in [0, 0.05) is 12.7 Å². The van der Waals surface area contributed by atoms with Crippen LogP contribution in [0.1, 0.15) is 22.0 Å². The second-order valence-corrected chi connectivity index (χ2v) is 5.48. The Hall–Kier alpha value is -2.05. The summed E-state index contributed by atoms with van der Waals surface area (Å²) < 4.78 is 19.1. The van der Waals surface area contributed by atoms with E-state index >= 15 is 0 Å². The molecule has 1 aromatic carbocycles. The topological polar surface area (TPSA) is 45.3 Å². The summed E-state index contributed by atoms with van der Waals surface area (Å²) in [5.41, 5.74) is 1.34. The second kappa shape index (κ2) is 6.37. The monoisotopic (exact) mass is 318 g/mol. The van der Waals surface area contributed by atoms with Gasteiger partial charge in [-0.3, -0.25) is 4.79 Å². The minimum atomic E-state index is -0.289. The van der Waals surface area contributed by atoms with Gasteiger partial charge in [0.1, 0.15) is 16.6 Å². The van der Waals surface area contributed by atoms with Crippen molar-refractivity contribution in [3.63, 3.8) is 0 Å². The molecule has 2 heterocycles. The number of H-pyrrole nitrogens is 1. The number of nitrogens with one attached hydrogen (secondary N) is 1. The molecule has 22 heavy (non-hydrogen) atoms. The van der Waals surface area contributed by atoms with Crippen LogP contribution in [-0.4, -0.2) is 35.5 Å². The lowest BCUT2D eigenvalue weighted by Crippen LogP contribution is -2.42. The maximum Gasteiger partial charge on any atom is 0.257 e. The molecule has 114 valence electrons. The third-order valence-electron chi connectivity index (χ3n) is 3.64. The van der Waals surface area contributed by atoms with E-state index in [1.165, 1.54) is 12.1 Å². The van der Waals surface area contributed by atoms with Crippen molar-refractivity contribution in [2.45, 2.75) is 6.10 Å². The Labute approximate surface area is 132 Å². The zero-order valence-corrected chi connectivity index (χ0v) is 12.6. The quantitative estimate of drug-likeness (QED) is 0.866. The fraction of sp³-hybridized carbons (Fsp3) is 0.250. The lowest BCUT2D eigenvalue weighted by atomic mass is 10.1. The van der Waals surface area contributed by atoms with E-state index in [4.69, 9.17) is 17.0 Å². The molecule has 1 amide bonds. The summed E-state index contributed by atoms with van der Waals surface area (Å²) in [6.07, 6.45) is 1.44. The van der Waals surface area contributed by atoms with E-state index in [9.17, 15) is 9.18 Å². The van der Waals surface area contributed by atoms with Crippen LogP contribution in [0.15, 0.2) is 42.6 Å². The van der Waals surface area contributed by atoms with E-state index in [-0.39, 0.29) is 17.8 Å². The molecule has 4 nitrogen and oxygen atoms in total. The number of hydrogen-bond donors (Lipinski definition) is 1. The van der Waals surface area contributed by atoms with Crippen molar-refractivity contribution in [1.82, 2.24) is 9.88 Å². The minimum Gasteiger partial charge on any atom is -0.370 e. The van der Waals surface area contributed by atoms with Gasteiger partial charge in [0.05, 0.1) is 18.7 Å². The highest BCUT2D eigenvalue weighted by molar-refractivity contribution is 7.71. The van der Waals surface area contributed by atoms with Crippen LogP contribution in [0.2, 0.25) is 0 Å². The smallest absolute Gasteiger partial charge is 0.257 e. The van der Waals surface area contributed by atoms with E-state index in [0.717, 1.165) is 5.56 Å². The maximum atomic E-state index is 13.0. The highest BCUT2D eigenvalue weighted by atomic mass is 32.1. The number of rotatable bonds is 2. The fourth-order valence-corrected chi connectivity index (χ4v) is 2.70. The number of nitrogens with zero attached hydrogens (tertiary/aromatic N) is 1. The highest BCUT2D eigenvalue weighted by Crippen LogP contribution is 2.23. The molecule has 3 rings (SSSR count). The van der Waals surface area contributed by atoms with Gasteiger partial charge in [-0.2, -0.15) is 0 Å². The Bertz CT molecular complexity index is 729. The summed E-state index contributed by atoms with van der Waals surface area (Å²) >= 11 is 5.16. The van der Waals surface area contributed by atoms with Crippen LogP contribution in [0.5, 0.6) is 0 Å². The Morgan fingerprint density at radius 1 is 1.32 bits per heavy atom. The summed E-state index contributed by atoms with van der Waals surface area (Å²) in [7, 11) is 0. The van der Waals surface area contributed by atoms with Crippen molar-refractivity contribution >= 4 is 18.1 Å². The summed E-state index contributed by atoms with van der Waals surface area (Å²) in [6.45, 7) is 1.38. The molecular formula is C16H15FN2O2S. The Morgan fingerprint density at radius 2 is 2.09 bits per heavy atom. The van der Waals surface area contributed by atoms with Gasteiger partial charge in [-0.15, -0.1) is 0 Å². The summed E-state index contributed by atoms with van der Waals surface area (Å²) in [6, 6.07) is 9.62. The molecule has 0 spiro atoms. The van der Waals surface area contributed by atoms with Crippen molar-refractivity contribution < 1.29 is 13.9 Å². The Balaban J connectivity index is 1.78. The van der Waals surface area contributed by atoms with Crippen molar-refractivity contribution in [3.8, 4) is 0 Å². The molecule has 6 heteroatoms. The van der Waals surface area contributed by atoms with Gasteiger partial charge in [-0.1, -0.05) is 24.4 Å². The third-order valence-corrected chi connectivity index (χ3v) is 3.98. The van der Waals surface area contributed by atoms with Crippen LogP contribution in [0, 0.1) is 10.5 Å². The third kappa shape index (κ3) is 3.08. The molecule has 1 unspecified atom stereocenters. The number of pyridine rings is 1. The number of halogens is 1. The fourth-order valence-electron chi connectivity index (χ4n) is 2.47. The average molecular weight is 318 g/mol. The standard InChI is InChI=1S/C16H15FN2O2S/c17-12-5-3-11(4-6-12)14-10-19(8-9-21-14)16(20)13-2-1-7-18-15(13)22/h1-7,14H,8-10H2,(H,18,22). The number of ether oxygens (including phenoxy) is 1. The van der Waals surface area contributed by atoms with E-state index < -0.39 is 0 Å². The summed E-state index contributed by atoms with van der Waals surface area (Å²) in [5.74, 6) is -0.402. The number of carbonyl (C=O) groups excluding carboxylic acids is 1. The number of benzene rings is 1. The van der Waals surface area contributed by atoms with Crippen molar-refractivity contribution in [2.24, 2.45) is 0 Å². The van der Waals surface area contributed by atoms with Crippen LogP contribution in [0.4, 0.5) is 4.39 Å². The van der Waals surface area contributed by atoms with Gasteiger partial charge in [0.2, 0.25) is 0 Å². The molecule has 1 fully saturated rings. The summed E-state index contributed by atoms with van der Waals surface area (Å²) in [4.78, 5) is 17.2. The van der Waals surface area contributed by atoms with Crippen molar-refractivity contribution in [2.75, 3.05) is 19.7 Å². The van der Waals surface area contributed by atoms with Crippen LogP contribution < -0.4 is 0 Å². The van der Waals surface area contributed by atoms with Gasteiger partial charge >= 0.3 is 0 Å². The highest BCUT2D eigenvalue weighted by Gasteiger charge is 2.26. The maximum absolute atomic E-state index is 13.0. The van der Waals surface area contributed by atoms with E-state index in [1.807, 2.05) is 0 Å². The zero-order chi connectivity index (χ0) is 15.5. The molecule has 0 bridgehead atoms. The number of aromatic nitrogens is 1. The van der Waals surface area contributed by atoms with Crippen LogP contribution in [-0.2, 0) is 4.74 Å². The predicted molar refractivity (Wildman–Crippen MR) is 82.6 cm³/mol. The molecule has 0 saturated carbocycles. The first-order valence-electron chi connectivity index (χ1n) is 6.99. The zero-order valence-electron chi connectivity index (χ0n) is 11.8. The van der Waals surface area contributed by atoms with Crippen LogP contribution >= 0.6 is 12.2 Å². The van der Waals surface area contributed by atoms with Crippen molar-refractivity contribution in [1.29, 1.82) is 0 Å². The Kier molecular flexibility index (Phi) is 4.31. The van der Waals surface area contributed by atoms with Gasteiger partial charge < -0.3 is 14.6 Å². The molecule has 2 aromatic rings. The van der Waals surface area contributed by atoms with E-state index in [2.05, 4.69) is 4.98 Å². The molecule has 1 aromatic heterocycles. The minimum absolute atomic E-state index is 0.114. The molecule has 1 atom stereocenters. The number of hydrogen-bond acceptors (Lipinski definition) is 3. The number of carbonyl (C=O) groups is 1. The molecule has 1 aliphatic rings. The van der Waals surface area contributed by atoms with Gasteiger partial charge in [0.25, 0.3) is 5.91 Å². The number of aromatic amines is 1. The lowest BCUT2D eigenvalue weighted by molar-refractivity contribution is -0.0228. The Morgan fingerprint density at radius 3 is 2.82 bits per heavy atom. The van der Waals surface area contributed by atoms with Gasteiger partial charge in [-0.25, -0.2) is 4.39 Å². The first-order valence-corrected chi connectivity index (χ1v) is 7.40. The SMILES string of the molecule is O=C(c1ccc[nH]c1=S)N1CCOC(c2ccc(F)cc2)C1. The van der Waals surface area contributed by atoms with Gasteiger partial charge in [0.15, 0.2) is 0 Å². The number of morpholine rings is 1. The summed E-state index contributed by atoms with van der Waals surface area (Å²) in [5, 5.41) is 0.